The number of hydrogen-bond acceptors (Lipinski definition) is 7. The molecular formula is C31H29ClFN5O3. The van der Waals surface area contributed by atoms with Crippen molar-refractivity contribution in [2.75, 3.05) is 37.9 Å². The van der Waals surface area contributed by atoms with Crippen LogP contribution in [0.3, 0.4) is 0 Å². The first-order valence-corrected chi connectivity index (χ1v) is 13.2. The number of rotatable bonds is 11. The van der Waals surface area contributed by atoms with Crippen LogP contribution in [0.1, 0.15) is 18.1 Å². The van der Waals surface area contributed by atoms with Crippen LogP contribution in [0.25, 0.3) is 10.9 Å². The molecule has 0 aliphatic rings. The highest BCUT2D eigenvalue weighted by Gasteiger charge is 2.16. The Morgan fingerprint density at radius 3 is 2.66 bits per heavy atom. The second kappa shape index (κ2) is 13.6. The molecule has 3 aromatic carbocycles. The first-order valence-electron chi connectivity index (χ1n) is 12.8. The molecule has 0 unspecified atom stereocenters. The molecule has 4 rings (SSSR count). The van der Waals surface area contributed by atoms with Crippen molar-refractivity contribution in [3.8, 4) is 17.6 Å². The van der Waals surface area contributed by atoms with Crippen LogP contribution >= 0.6 is 11.6 Å². The molecule has 0 fully saturated rings. The monoisotopic (exact) mass is 573 g/mol. The summed E-state index contributed by atoms with van der Waals surface area (Å²) in [6, 6.07) is 17.0. The standard InChI is InChI=1S/C31H29ClFN5O3/c1-4-40-29-16-26-23(15-27(29)37-30(39)10-7-13-38(2)3)31(21(17-34)18-35-26)36-22-11-12-28(24(32)14-22)41-19-20-8-5-6-9-25(20)33/h5-12,14-16,18H,4,13,19H2,1-3H3,(H,35,36)(H,37,39)/b10-7+. The van der Waals surface area contributed by atoms with Crippen molar-refractivity contribution in [2.24, 2.45) is 0 Å². The number of pyridine rings is 1. The highest BCUT2D eigenvalue weighted by atomic mass is 35.5. The summed E-state index contributed by atoms with van der Waals surface area (Å²) in [5.41, 5.74) is 2.77. The van der Waals surface area contributed by atoms with Gasteiger partial charge in [0.25, 0.3) is 0 Å². The molecule has 1 heterocycles. The molecule has 0 aliphatic carbocycles. The van der Waals surface area contributed by atoms with Gasteiger partial charge < -0.3 is 25.0 Å². The van der Waals surface area contributed by atoms with Crippen LogP contribution in [0.5, 0.6) is 11.5 Å². The van der Waals surface area contributed by atoms with E-state index < -0.39 is 0 Å². The van der Waals surface area contributed by atoms with E-state index in [1.807, 2.05) is 25.9 Å². The number of carbonyl (C=O) groups excluding carboxylic acids is 1. The zero-order valence-corrected chi connectivity index (χ0v) is 23.6. The molecule has 1 aromatic heterocycles. The molecule has 4 aromatic rings. The maximum Gasteiger partial charge on any atom is 0.248 e. The summed E-state index contributed by atoms with van der Waals surface area (Å²) in [6.07, 6.45) is 4.68. The number of nitriles is 1. The Labute approximate surface area is 243 Å². The second-order valence-electron chi connectivity index (χ2n) is 9.26. The molecule has 1 amide bonds. The van der Waals surface area contributed by atoms with Crippen molar-refractivity contribution < 1.29 is 18.7 Å². The van der Waals surface area contributed by atoms with Crippen molar-refractivity contribution in [3.63, 3.8) is 0 Å². The maximum absolute atomic E-state index is 14.0. The molecule has 0 bridgehead atoms. The number of nitrogens with one attached hydrogen (secondary N) is 2. The number of halogens is 2. The largest absolute Gasteiger partial charge is 0.492 e. The van der Waals surface area contributed by atoms with E-state index in [-0.39, 0.29) is 18.3 Å². The first kappa shape index (κ1) is 29.3. The van der Waals surface area contributed by atoms with E-state index >= 15 is 0 Å². The molecule has 0 saturated heterocycles. The SMILES string of the molecule is CCOc1cc2ncc(C#N)c(Nc3ccc(OCc4ccccc4F)c(Cl)c3)c2cc1NC(=O)/C=C/CN(C)C. The Bertz CT molecular complexity index is 1630. The van der Waals surface area contributed by atoms with Gasteiger partial charge in [0.15, 0.2) is 0 Å². The van der Waals surface area contributed by atoms with Crippen LogP contribution in [0.2, 0.25) is 5.02 Å². The number of fused-ring (bicyclic) bond motifs is 1. The lowest BCUT2D eigenvalue weighted by Gasteiger charge is -2.16. The van der Waals surface area contributed by atoms with Gasteiger partial charge >= 0.3 is 0 Å². The summed E-state index contributed by atoms with van der Waals surface area (Å²) < 4.78 is 25.5. The lowest BCUT2D eigenvalue weighted by atomic mass is 10.1. The lowest BCUT2D eigenvalue weighted by Crippen LogP contribution is -2.13. The molecule has 0 atom stereocenters. The maximum atomic E-state index is 14.0. The summed E-state index contributed by atoms with van der Waals surface area (Å²) in [7, 11) is 3.82. The molecule has 210 valence electrons. The topological polar surface area (TPSA) is 99.5 Å². The first-order chi connectivity index (χ1) is 19.8. The second-order valence-corrected chi connectivity index (χ2v) is 9.67. The number of hydrogen-bond donors (Lipinski definition) is 2. The molecule has 0 saturated carbocycles. The van der Waals surface area contributed by atoms with Crippen LogP contribution in [0.4, 0.5) is 21.5 Å². The number of likely N-dealkylation sites (N-methyl/N-ethyl adjacent to an activating group) is 1. The number of carbonyl (C=O) groups is 1. The van der Waals surface area contributed by atoms with Gasteiger partial charge in [-0.15, -0.1) is 0 Å². The van der Waals surface area contributed by atoms with Crippen molar-refractivity contribution in [3.05, 3.63) is 94.9 Å². The van der Waals surface area contributed by atoms with Gasteiger partial charge in [-0.1, -0.05) is 35.9 Å². The Kier molecular flexibility index (Phi) is 9.74. The van der Waals surface area contributed by atoms with E-state index in [1.165, 1.54) is 18.3 Å². The van der Waals surface area contributed by atoms with Crippen LogP contribution in [0.15, 0.2) is 72.9 Å². The molecule has 0 aliphatic heterocycles. The summed E-state index contributed by atoms with van der Waals surface area (Å²) >= 11 is 6.48. The van der Waals surface area contributed by atoms with Crippen molar-refractivity contribution in [1.29, 1.82) is 5.26 Å². The van der Waals surface area contributed by atoms with Gasteiger partial charge in [0, 0.05) is 41.5 Å². The molecule has 8 nitrogen and oxygen atoms in total. The summed E-state index contributed by atoms with van der Waals surface area (Å²) in [6.45, 7) is 2.87. The predicted molar refractivity (Wildman–Crippen MR) is 159 cm³/mol. The van der Waals surface area contributed by atoms with Gasteiger partial charge in [-0.25, -0.2) is 4.39 Å². The van der Waals surface area contributed by atoms with Gasteiger partial charge in [-0.05, 0) is 51.4 Å². The minimum Gasteiger partial charge on any atom is -0.492 e. The van der Waals surface area contributed by atoms with Crippen LogP contribution < -0.4 is 20.1 Å². The summed E-state index contributed by atoms with van der Waals surface area (Å²) in [5, 5.41) is 16.9. The smallest absolute Gasteiger partial charge is 0.248 e. The quantitative estimate of drug-likeness (QED) is 0.193. The van der Waals surface area contributed by atoms with Gasteiger partial charge in [-0.2, -0.15) is 5.26 Å². The number of nitrogens with zero attached hydrogens (tertiary/aromatic N) is 3. The molecule has 0 spiro atoms. The fraction of sp³-hybridized carbons (Fsp3) is 0.194. The average Bonchev–Trinajstić information content (AvgIpc) is 2.94. The van der Waals surface area contributed by atoms with E-state index in [2.05, 4.69) is 21.7 Å². The van der Waals surface area contributed by atoms with E-state index in [0.29, 0.717) is 68.8 Å². The third kappa shape index (κ3) is 7.51. The minimum absolute atomic E-state index is 0.0216. The minimum atomic E-state index is -0.358. The van der Waals surface area contributed by atoms with E-state index in [0.717, 1.165) is 0 Å². The number of aromatic nitrogens is 1. The van der Waals surface area contributed by atoms with Crippen LogP contribution in [-0.4, -0.2) is 43.0 Å². The van der Waals surface area contributed by atoms with Gasteiger partial charge in [0.2, 0.25) is 5.91 Å². The zero-order valence-electron chi connectivity index (χ0n) is 22.9. The molecule has 0 radical (unpaired) electrons. The van der Waals surface area contributed by atoms with Crippen LogP contribution in [-0.2, 0) is 11.4 Å². The van der Waals surface area contributed by atoms with Gasteiger partial charge in [-0.3, -0.25) is 9.78 Å². The van der Waals surface area contributed by atoms with E-state index in [1.54, 1.807) is 54.6 Å². The Balaban J connectivity index is 1.64. The van der Waals surface area contributed by atoms with Crippen molar-refractivity contribution >= 4 is 45.5 Å². The van der Waals surface area contributed by atoms with E-state index in [9.17, 15) is 14.4 Å². The fourth-order valence-corrected chi connectivity index (χ4v) is 4.20. The summed E-state index contributed by atoms with van der Waals surface area (Å²) in [5.74, 6) is 0.165. The Morgan fingerprint density at radius 1 is 1.15 bits per heavy atom. The number of benzene rings is 3. The molecule has 41 heavy (non-hydrogen) atoms. The van der Waals surface area contributed by atoms with Gasteiger partial charge in [0.1, 0.15) is 30.0 Å². The third-order valence-corrected chi connectivity index (χ3v) is 6.22. The Morgan fingerprint density at radius 2 is 1.95 bits per heavy atom. The molecular weight excluding hydrogens is 545 g/mol. The van der Waals surface area contributed by atoms with Crippen molar-refractivity contribution in [2.45, 2.75) is 13.5 Å². The molecule has 2 N–H and O–H groups in total. The molecule has 10 heteroatoms. The summed E-state index contributed by atoms with van der Waals surface area (Å²) in [4.78, 5) is 19.0. The highest BCUT2D eigenvalue weighted by molar-refractivity contribution is 6.32. The fourth-order valence-electron chi connectivity index (χ4n) is 3.97. The number of ether oxygens (including phenoxy) is 2. The Hall–Kier alpha value is -4.65. The highest BCUT2D eigenvalue weighted by Crippen LogP contribution is 2.37. The number of anilines is 3. The zero-order chi connectivity index (χ0) is 29.4. The lowest BCUT2D eigenvalue weighted by molar-refractivity contribution is -0.111. The predicted octanol–water partition coefficient (Wildman–Crippen LogP) is 6.68. The normalized spacial score (nSPS) is 11.0. The van der Waals surface area contributed by atoms with Crippen molar-refractivity contribution in [1.82, 2.24) is 9.88 Å². The van der Waals surface area contributed by atoms with E-state index in [4.69, 9.17) is 21.1 Å². The average molecular weight is 574 g/mol. The number of amides is 1. The van der Waals surface area contributed by atoms with Gasteiger partial charge in [0.05, 0.1) is 34.1 Å². The third-order valence-electron chi connectivity index (χ3n) is 5.93. The van der Waals surface area contributed by atoms with Crippen LogP contribution in [0, 0.1) is 17.1 Å².